The zero-order valence-corrected chi connectivity index (χ0v) is 9.91. The normalized spacial score (nSPS) is 10.3. The number of carbonyl (C=O) groups excluding carboxylic acids is 1. The van der Waals surface area contributed by atoms with Gasteiger partial charge in [-0.2, -0.15) is 0 Å². The largest absolute Gasteiger partial charge is 0.323 e. The van der Waals surface area contributed by atoms with Crippen LogP contribution in [0.1, 0.15) is 16.1 Å². The molecule has 2 aromatic rings. The maximum absolute atomic E-state index is 11.9. The van der Waals surface area contributed by atoms with Crippen LogP contribution in [0.3, 0.4) is 0 Å². The van der Waals surface area contributed by atoms with Crippen LogP contribution < -0.4 is 16.3 Å². The van der Waals surface area contributed by atoms with Gasteiger partial charge in [-0.15, -0.1) is 0 Å². The molecule has 1 heterocycles. The third kappa shape index (κ3) is 2.67. The lowest BCUT2D eigenvalue weighted by Crippen LogP contribution is -2.16. The summed E-state index contributed by atoms with van der Waals surface area (Å²) in [6.45, 7) is 0.653. The number of imidazole rings is 1. The molecule has 6 heteroatoms. The molecule has 0 saturated heterocycles. The third-order valence-electron chi connectivity index (χ3n) is 2.47. The van der Waals surface area contributed by atoms with Crippen LogP contribution in [0.15, 0.2) is 35.3 Å². The highest BCUT2D eigenvalue weighted by atomic mass is 16.2. The fourth-order valence-electron chi connectivity index (χ4n) is 1.63. The number of aromatic nitrogens is 2. The quantitative estimate of drug-likeness (QED) is 0.639. The second-order valence-corrected chi connectivity index (χ2v) is 3.80. The molecule has 0 fully saturated rings. The Morgan fingerprint density at radius 3 is 2.78 bits per heavy atom. The van der Waals surface area contributed by atoms with Crippen LogP contribution in [-0.4, -0.2) is 22.9 Å². The second kappa shape index (κ2) is 5.33. The van der Waals surface area contributed by atoms with Gasteiger partial charge in [0.05, 0.1) is 0 Å². The topological polar surface area (TPSA) is 89.8 Å². The van der Waals surface area contributed by atoms with Gasteiger partial charge in [0.25, 0.3) is 5.91 Å². The summed E-state index contributed by atoms with van der Waals surface area (Å²) in [6, 6.07) is 7.48. The van der Waals surface area contributed by atoms with Crippen molar-refractivity contribution in [3.63, 3.8) is 0 Å². The summed E-state index contributed by atoms with van der Waals surface area (Å²) in [7, 11) is 1.84. The number of amides is 1. The summed E-state index contributed by atoms with van der Waals surface area (Å²) in [5, 5.41) is 5.78. The van der Waals surface area contributed by atoms with E-state index in [0.29, 0.717) is 6.54 Å². The van der Waals surface area contributed by atoms with Gasteiger partial charge in [0, 0.05) is 18.4 Å². The number of para-hydroxylation sites is 1. The van der Waals surface area contributed by atoms with Gasteiger partial charge < -0.3 is 20.6 Å². The minimum absolute atomic E-state index is 0.208. The average molecular weight is 246 g/mol. The Morgan fingerprint density at radius 1 is 1.33 bits per heavy atom. The number of aromatic amines is 2. The Hall–Kier alpha value is -2.34. The van der Waals surface area contributed by atoms with Crippen LogP contribution in [0.4, 0.5) is 5.69 Å². The van der Waals surface area contributed by atoms with Gasteiger partial charge in [-0.3, -0.25) is 4.79 Å². The molecule has 0 aliphatic carbocycles. The standard InChI is InChI=1S/C12H14N4O2/c1-13-6-8-4-2-3-5-9(8)15-11(17)10-7-14-12(18)16-10/h2-5,7,13H,6H2,1H3,(H,15,17)(H2,14,16,18). The zero-order chi connectivity index (χ0) is 13.0. The van der Waals surface area contributed by atoms with Gasteiger partial charge in [0.15, 0.2) is 0 Å². The summed E-state index contributed by atoms with van der Waals surface area (Å²) in [6.07, 6.45) is 1.35. The number of hydrogen-bond donors (Lipinski definition) is 4. The molecule has 4 N–H and O–H groups in total. The lowest BCUT2D eigenvalue weighted by molar-refractivity contribution is 0.102. The molecule has 0 radical (unpaired) electrons. The number of nitrogens with one attached hydrogen (secondary N) is 4. The second-order valence-electron chi connectivity index (χ2n) is 3.80. The van der Waals surface area contributed by atoms with Crippen molar-refractivity contribution in [2.75, 3.05) is 12.4 Å². The SMILES string of the molecule is CNCc1ccccc1NC(=O)c1c[nH]c(=O)[nH]1. The van der Waals surface area contributed by atoms with E-state index in [4.69, 9.17) is 0 Å². The smallest absolute Gasteiger partial charge is 0.320 e. The molecule has 2 rings (SSSR count). The van der Waals surface area contributed by atoms with E-state index in [2.05, 4.69) is 20.6 Å². The molecule has 0 unspecified atom stereocenters. The average Bonchev–Trinajstić information content (AvgIpc) is 2.79. The molecule has 94 valence electrons. The van der Waals surface area contributed by atoms with Crippen molar-refractivity contribution in [1.82, 2.24) is 15.3 Å². The van der Waals surface area contributed by atoms with E-state index >= 15 is 0 Å². The van der Waals surface area contributed by atoms with Gasteiger partial charge >= 0.3 is 5.69 Å². The Balaban J connectivity index is 2.18. The Bertz CT molecular complexity index is 600. The number of rotatable bonds is 4. The molecule has 0 aliphatic rings. The summed E-state index contributed by atoms with van der Waals surface area (Å²) >= 11 is 0. The zero-order valence-electron chi connectivity index (χ0n) is 9.91. The van der Waals surface area contributed by atoms with Gasteiger partial charge in [-0.25, -0.2) is 4.79 Å². The molecule has 0 atom stereocenters. The number of benzene rings is 1. The van der Waals surface area contributed by atoms with Gasteiger partial charge in [0.2, 0.25) is 0 Å². The van der Waals surface area contributed by atoms with E-state index in [9.17, 15) is 9.59 Å². The summed E-state index contributed by atoms with van der Waals surface area (Å²) in [4.78, 5) is 27.6. The number of hydrogen-bond acceptors (Lipinski definition) is 3. The highest BCUT2D eigenvalue weighted by molar-refractivity contribution is 6.03. The van der Waals surface area contributed by atoms with Gasteiger partial charge in [-0.1, -0.05) is 18.2 Å². The van der Waals surface area contributed by atoms with E-state index in [1.54, 1.807) is 0 Å². The Morgan fingerprint density at radius 2 is 2.11 bits per heavy atom. The van der Waals surface area contributed by atoms with Crippen LogP contribution in [-0.2, 0) is 6.54 Å². The van der Waals surface area contributed by atoms with E-state index in [-0.39, 0.29) is 11.6 Å². The highest BCUT2D eigenvalue weighted by Crippen LogP contribution is 2.15. The van der Waals surface area contributed by atoms with E-state index < -0.39 is 5.69 Å². The van der Waals surface area contributed by atoms with E-state index in [1.807, 2.05) is 31.3 Å². The molecule has 1 aromatic heterocycles. The first-order valence-corrected chi connectivity index (χ1v) is 5.52. The third-order valence-corrected chi connectivity index (χ3v) is 2.47. The van der Waals surface area contributed by atoms with Crippen molar-refractivity contribution < 1.29 is 4.79 Å². The molecule has 18 heavy (non-hydrogen) atoms. The van der Waals surface area contributed by atoms with Crippen molar-refractivity contribution >= 4 is 11.6 Å². The summed E-state index contributed by atoms with van der Waals surface area (Å²) in [5.74, 6) is -0.350. The lowest BCUT2D eigenvalue weighted by Gasteiger charge is -2.09. The molecule has 0 bridgehead atoms. The van der Waals surface area contributed by atoms with Crippen LogP contribution >= 0.6 is 0 Å². The molecule has 0 aliphatic heterocycles. The van der Waals surface area contributed by atoms with Crippen molar-refractivity contribution in [3.05, 3.63) is 52.2 Å². The van der Waals surface area contributed by atoms with E-state index in [1.165, 1.54) is 6.20 Å². The van der Waals surface area contributed by atoms with E-state index in [0.717, 1.165) is 11.3 Å². The van der Waals surface area contributed by atoms with Gasteiger partial charge in [-0.05, 0) is 18.7 Å². The first-order valence-electron chi connectivity index (χ1n) is 5.52. The summed E-state index contributed by atoms with van der Waals surface area (Å²) < 4.78 is 0. The predicted molar refractivity (Wildman–Crippen MR) is 68.6 cm³/mol. The molecular formula is C12H14N4O2. The monoisotopic (exact) mass is 246 g/mol. The predicted octanol–water partition coefficient (Wildman–Crippen LogP) is 0.675. The van der Waals surface area contributed by atoms with Crippen LogP contribution in [0.2, 0.25) is 0 Å². The van der Waals surface area contributed by atoms with Crippen LogP contribution in [0.25, 0.3) is 0 Å². The Labute approximate surface area is 103 Å². The molecule has 6 nitrogen and oxygen atoms in total. The van der Waals surface area contributed by atoms with Crippen LogP contribution in [0, 0.1) is 0 Å². The highest BCUT2D eigenvalue weighted by Gasteiger charge is 2.10. The molecule has 0 saturated carbocycles. The van der Waals surface area contributed by atoms with Gasteiger partial charge in [0.1, 0.15) is 5.69 Å². The first-order chi connectivity index (χ1) is 8.70. The number of anilines is 1. The maximum atomic E-state index is 11.9. The molecule has 1 aromatic carbocycles. The van der Waals surface area contributed by atoms with Crippen molar-refractivity contribution in [2.24, 2.45) is 0 Å². The van der Waals surface area contributed by atoms with Crippen molar-refractivity contribution in [3.8, 4) is 0 Å². The molecule has 0 spiro atoms. The first kappa shape index (κ1) is 12.1. The Kier molecular flexibility index (Phi) is 3.59. The fourth-order valence-corrected chi connectivity index (χ4v) is 1.63. The molecular weight excluding hydrogens is 232 g/mol. The van der Waals surface area contributed by atoms with Crippen LogP contribution in [0.5, 0.6) is 0 Å². The lowest BCUT2D eigenvalue weighted by atomic mass is 10.1. The molecule has 1 amide bonds. The number of H-pyrrole nitrogens is 2. The minimum atomic E-state index is -0.399. The summed E-state index contributed by atoms with van der Waals surface area (Å²) in [5.41, 5.74) is 1.51. The minimum Gasteiger partial charge on any atom is -0.320 e. The van der Waals surface area contributed by atoms with Crippen molar-refractivity contribution in [2.45, 2.75) is 6.54 Å². The van der Waals surface area contributed by atoms with Crippen molar-refractivity contribution in [1.29, 1.82) is 0 Å². The number of carbonyl (C=O) groups is 1. The fraction of sp³-hybridized carbons (Fsp3) is 0.167. The maximum Gasteiger partial charge on any atom is 0.323 e.